The molecule has 16 heavy (non-hydrogen) atoms. The highest BCUT2D eigenvalue weighted by molar-refractivity contribution is 4.87. The quantitative estimate of drug-likeness (QED) is 0.670. The third-order valence-corrected chi connectivity index (χ3v) is 3.27. The Bertz CT molecular complexity index is 191. The molecular weight excluding hydrogens is 202 g/mol. The standard InChI is InChI=1S/C12H27N3O/c1-13-9-12(5-8-16-11-12)10-15(4)7-6-14(2)3/h13H,5-11H2,1-4H3. The molecule has 0 spiro atoms. The summed E-state index contributed by atoms with van der Waals surface area (Å²) in [7, 11) is 8.48. The predicted octanol–water partition coefficient (Wildman–Crippen LogP) is 0.106. The Morgan fingerprint density at radius 1 is 1.25 bits per heavy atom. The lowest BCUT2D eigenvalue weighted by atomic mass is 9.86. The van der Waals surface area contributed by atoms with Crippen molar-refractivity contribution in [1.29, 1.82) is 0 Å². The zero-order valence-electron chi connectivity index (χ0n) is 11.3. The molecule has 0 aliphatic carbocycles. The van der Waals surface area contributed by atoms with Gasteiger partial charge in [0.2, 0.25) is 0 Å². The lowest BCUT2D eigenvalue weighted by Crippen LogP contribution is -2.44. The van der Waals surface area contributed by atoms with Gasteiger partial charge < -0.3 is 19.9 Å². The van der Waals surface area contributed by atoms with Crippen LogP contribution in [0.2, 0.25) is 0 Å². The van der Waals surface area contributed by atoms with E-state index in [4.69, 9.17) is 4.74 Å². The fourth-order valence-electron chi connectivity index (χ4n) is 2.37. The van der Waals surface area contributed by atoms with E-state index in [-0.39, 0.29) is 0 Å². The van der Waals surface area contributed by atoms with Crippen LogP contribution in [-0.2, 0) is 4.74 Å². The third-order valence-electron chi connectivity index (χ3n) is 3.27. The van der Waals surface area contributed by atoms with Crippen LogP contribution in [0.5, 0.6) is 0 Å². The largest absolute Gasteiger partial charge is 0.381 e. The van der Waals surface area contributed by atoms with Gasteiger partial charge in [-0.05, 0) is 34.6 Å². The maximum absolute atomic E-state index is 5.56. The van der Waals surface area contributed by atoms with E-state index >= 15 is 0 Å². The maximum atomic E-state index is 5.56. The summed E-state index contributed by atoms with van der Waals surface area (Å²) in [6.45, 7) is 6.25. The van der Waals surface area contributed by atoms with Crippen molar-refractivity contribution in [2.75, 3.05) is 67.6 Å². The molecular formula is C12H27N3O. The number of hydrogen-bond donors (Lipinski definition) is 1. The normalized spacial score (nSPS) is 25.9. The molecule has 0 amide bonds. The number of rotatable bonds is 7. The van der Waals surface area contributed by atoms with E-state index in [0.29, 0.717) is 5.41 Å². The average molecular weight is 229 g/mol. The summed E-state index contributed by atoms with van der Waals surface area (Å²) in [5.74, 6) is 0. The Morgan fingerprint density at radius 2 is 2.00 bits per heavy atom. The fourth-order valence-corrected chi connectivity index (χ4v) is 2.37. The molecule has 0 bridgehead atoms. The first-order valence-electron chi connectivity index (χ1n) is 6.14. The van der Waals surface area contributed by atoms with Crippen molar-refractivity contribution >= 4 is 0 Å². The Morgan fingerprint density at radius 3 is 2.50 bits per heavy atom. The molecule has 1 fully saturated rings. The van der Waals surface area contributed by atoms with Gasteiger partial charge in [-0.1, -0.05) is 0 Å². The fraction of sp³-hybridized carbons (Fsp3) is 1.00. The van der Waals surface area contributed by atoms with Crippen LogP contribution in [0.25, 0.3) is 0 Å². The van der Waals surface area contributed by atoms with E-state index < -0.39 is 0 Å². The zero-order valence-corrected chi connectivity index (χ0v) is 11.3. The summed E-state index contributed by atoms with van der Waals surface area (Å²) in [5, 5.41) is 3.30. The Kier molecular flexibility index (Phi) is 5.69. The molecule has 0 aromatic heterocycles. The van der Waals surface area contributed by atoms with Crippen molar-refractivity contribution < 1.29 is 4.74 Å². The molecule has 4 heteroatoms. The monoisotopic (exact) mass is 229 g/mol. The summed E-state index contributed by atoms with van der Waals surface area (Å²) in [5.41, 5.74) is 0.329. The van der Waals surface area contributed by atoms with Gasteiger partial charge in [-0.2, -0.15) is 0 Å². The number of hydrogen-bond acceptors (Lipinski definition) is 4. The van der Waals surface area contributed by atoms with Crippen molar-refractivity contribution in [1.82, 2.24) is 15.1 Å². The van der Waals surface area contributed by atoms with Gasteiger partial charge in [0.15, 0.2) is 0 Å². The molecule has 1 unspecified atom stereocenters. The van der Waals surface area contributed by atoms with E-state index in [1.54, 1.807) is 0 Å². The van der Waals surface area contributed by atoms with Crippen molar-refractivity contribution in [3.05, 3.63) is 0 Å². The first-order valence-corrected chi connectivity index (χ1v) is 6.14. The van der Waals surface area contributed by atoms with Crippen molar-refractivity contribution in [3.8, 4) is 0 Å². The van der Waals surface area contributed by atoms with Crippen molar-refractivity contribution in [2.24, 2.45) is 5.41 Å². The minimum Gasteiger partial charge on any atom is -0.381 e. The lowest BCUT2D eigenvalue weighted by Gasteiger charge is -2.32. The Hall–Kier alpha value is -0.160. The number of nitrogens with zero attached hydrogens (tertiary/aromatic N) is 2. The zero-order chi connectivity index (χ0) is 12.0. The van der Waals surface area contributed by atoms with Gasteiger partial charge in [0, 0.05) is 38.2 Å². The lowest BCUT2D eigenvalue weighted by molar-refractivity contribution is 0.117. The molecule has 0 aromatic rings. The van der Waals surface area contributed by atoms with Gasteiger partial charge in [-0.3, -0.25) is 0 Å². The third kappa shape index (κ3) is 4.37. The molecule has 1 atom stereocenters. The van der Waals surface area contributed by atoms with Gasteiger partial charge in [-0.25, -0.2) is 0 Å². The van der Waals surface area contributed by atoms with Gasteiger partial charge in [0.05, 0.1) is 6.61 Å². The Labute approximate surface area is 99.9 Å². The van der Waals surface area contributed by atoms with Crippen molar-refractivity contribution in [2.45, 2.75) is 6.42 Å². The highest BCUT2D eigenvalue weighted by atomic mass is 16.5. The summed E-state index contributed by atoms with van der Waals surface area (Å²) in [4.78, 5) is 4.65. The van der Waals surface area contributed by atoms with Crippen LogP contribution in [0.1, 0.15) is 6.42 Å². The van der Waals surface area contributed by atoms with E-state index in [1.165, 1.54) is 6.42 Å². The van der Waals surface area contributed by atoms with Gasteiger partial charge in [0.1, 0.15) is 0 Å². The summed E-state index contributed by atoms with van der Waals surface area (Å²) in [6.07, 6.45) is 1.18. The van der Waals surface area contributed by atoms with Crippen LogP contribution in [0.4, 0.5) is 0 Å². The van der Waals surface area contributed by atoms with E-state index in [2.05, 4.69) is 36.3 Å². The van der Waals surface area contributed by atoms with E-state index in [9.17, 15) is 0 Å². The summed E-state index contributed by atoms with van der Waals surface area (Å²) < 4.78 is 5.56. The minimum absolute atomic E-state index is 0.329. The molecule has 96 valence electrons. The molecule has 1 heterocycles. The summed E-state index contributed by atoms with van der Waals surface area (Å²) >= 11 is 0. The molecule has 1 N–H and O–H groups in total. The molecule has 1 aliphatic heterocycles. The van der Waals surface area contributed by atoms with Gasteiger partial charge in [-0.15, -0.1) is 0 Å². The molecule has 1 rings (SSSR count). The van der Waals surface area contributed by atoms with Crippen LogP contribution >= 0.6 is 0 Å². The highest BCUT2D eigenvalue weighted by Crippen LogP contribution is 2.28. The van der Waals surface area contributed by atoms with Crippen LogP contribution in [0.15, 0.2) is 0 Å². The minimum atomic E-state index is 0.329. The van der Waals surface area contributed by atoms with Gasteiger partial charge >= 0.3 is 0 Å². The average Bonchev–Trinajstić information content (AvgIpc) is 2.64. The van der Waals surface area contributed by atoms with Gasteiger partial charge in [0.25, 0.3) is 0 Å². The second-order valence-corrected chi connectivity index (χ2v) is 5.37. The molecule has 0 aromatic carbocycles. The molecule has 1 aliphatic rings. The van der Waals surface area contributed by atoms with E-state index in [0.717, 1.165) is 39.4 Å². The molecule has 0 saturated carbocycles. The predicted molar refractivity (Wildman–Crippen MR) is 67.8 cm³/mol. The number of nitrogens with one attached hydrogen (secondary N) is 1. The second-order valence-electron chi connectivity index (χ2n) is 5.37. The first kappa shape index (κ1) is 13.9. The van der Waals surface area contributed by atoms with Crippen LogP contribution < -0.4 is 5.32 Å². The molecule has 4 nitrogen and oxygen atoms in total. The smallest absolute Gasteiger partial charge is 0.0547 e. The SMILES string of the molecule is CNCC1(CN(C)CCN(C)C)CCOC1. The van der Waals surface area contributed by atoms with Crippen molar-refractivity contribution in [3.63, 3.8) is 0 Å². The Balaban J connectivity index is 2.36. The van der Waals surface area contributed by atoms with Crippen LogP contribution in [-0.4, -0.2) is 77.4 Å². The molecule has 0 radical (unpaired) electrons. The summed E-state index contributed by atoms with van der Waals surface area (Å²) in [6, 6.07) is 0. The molecule has 1 saturated heterocycles. The topological polar surface area (TPSA) is 27.7 Å². The van der Waals surface area contributed by atoms with E-state index in [1.807, 2.05) is 7.05 Å². The number of ether oxygens (including phenoxy) is 1. The van der Waals surface area contributed by atoms with Crippen LogP contribution in [0.3, 0.4) is 0 Å². The maximum Gasteiger partial charge on any atom is 0.0547 e. The second kappa shape index (κ2) is 6.55. The van der Waals surface area contributed by atoms with Crippen LogP contribution in [0, 0.1) is 5.41 Å². The highest BCUT2D eigenvalue weighted by Gasteiger charge is 2.35. The number of likely N-dealkylation sites (N-methyl/N-ethyl adjacent to an activating group) is 2. The first-order chi connectivity index (χ1) is 7.58.